The average Bonchev–Trinajstić information content (AvgIpc) is 3.46. The topological polar surface area (TPSA) is 99.3 Å². The lowest BCUT2D eigenvalue weighted by atomic mass is 10.0. The predicted octanol–water partition coefficient (Wildman–Crippen LogP) is 3.86. The number of para-hydroxylation sites is 1. The molecule has 2 N–H and O–H groups in total. The van der Waals surface area contributed by atoms with Crippen molar-refractivity contribution in [2.75, 3.05) is 37.0 Å². The van der Waals surface area contributed by atoms with Crippen LogP contribution >= 0.6 is 0 Å². The fourth-order valence-electron chi connectivity index (χ4n) is 5.46. The number of carbonyl (C=O) groups is 1. The predicted molar refractivity (Wildman–Crippen MR) is 139 cm³/mol. The molecule has 0 bridgehead atoms. The third-order valence-corrected chi connectivity index (χ3v) is 7.32. The Labute approximate surface area is 212 Å². The Morgan fingerprint density at radius 3 is 2.75 bits per heavy atom. The first-order valence-electron chi connectivity index (χ1n) is 12.7. The molecule has 0 unspecified atom stereocenters. The Balaban J connectivity index is 1.37. The molecule has 36 heavy (non-hydrogen) atoms. The number of aryl methyl sites for hydroxylation is 3. The first-order valence-corrected chi connectivity index (χ1v) is 12.7. The second kappa shape index (κ2) is 10.3. The van der Waals surface area contributed by atoms with Gasteiger partial charge in [0.05, 0.1) is 36.8 Å². The van der Waals surface area contributed by atoms with Gasteiger partial charge in [-0.15, -0.1) is 0 Å². The zero-order chi connectivity index (χ0) is 25.2. The minimum absolute atomic E-state index is 0.0290. The number of aromatic amines is 1. The van der Waals surface area contributed by atoms with E-state index in [-0.39, 0.29) is 11.9 Å². The number of amides is 1. The number of ether oxygens (including phenoxy) is 1. The van der Waals surface area contributed by atoms with Crippen LogP contribution in [0, 0.1) is 20.8 Å². The molecule has 1 fully saturated rings. The van der Waals surface area contributed by atoms with Gasteiger partial charge in [0.25, 0.3) is 0 Å². The van der Waals surface area contributed by atoms with Crippen molar-refractivity contribution in [1.29, 1.82) is 0 Å². The van der Waals surface area contributed by atoms with Crippen molar-refractivity contribution in [3.05, 3.63) is 58.3 Å². The molecule has 1 amide bonds. The molecule has 2 aliphatic heterocycles. The molecule has 0 saturated carbocycles. The number of hydrogen-bond donors (Lipinski definition) is 2. The number of H-pyrrole nitrogens is 1. The Hall–Kier alpha value is -3.46. The Kier molecular flexibility index (Phi) is 6.91. The summed E-state index contributed by atoms with van der Waals surface area (Å²) in [6.07, 6.45) is 4.03. The van der Waals surface area contributed by atoms with Crippen molar-refractivity contribution < 1.29 is 9.53 Å². The molecule has 4 heterocycles. The molecule has 5 rings (SSSR count). The van der Waals surface area contributed by atoms with Crippen LogP contribution in [0.1, 0.15) is 59.3 Å². The molecule has 0 spiro atoms. The first-order chi connectivity index (χ1) is 17.4. The van der Waals surface area contributed by atoms with E-state index in [1.807, 2.05) is 32.0 Å². The van der Waals surface area contributed by atoms with Gasteiger partial charge in [-0.3, -0.25) is 14.8 Å². The first kappa shape index (κ1) is 24.2. The summed E-state index contributed by atoms with van der Waals surface area (Å²) < 4.78 is 5.60. The molecule has 0 radical (unpaired) electrons. The monoisotopic (exact) mass is 489 g/mol. The maximum atomic E-state index is 12.9. The minimum Gasteiger partial charge on any atom is -0.496 e. The van der Waals surface area contributed by atoms with Crippen molar-refractivity contribution in [3.63, 3.8) is 0 Å². The molecule has 9 heteroatoms. The number of likely N-dealkylation sites (tertiary alicyclic amines) is 1. The number of fused-ring (bicyclic) bond motifs is 1. The van der Waals surface area contributed by atoms with E-state index in [1.54, 1.807) is 7.11 Å². The van der Waals surface area contributed by atoms with Crippen molar-refractivity contribution in [3.8, 4) is 5.75 Å². The summed E-state index contributed by atoms with van der Waals surface area (Å²) >= 11 is 0. The van der Waals surface area contributed by atoms with Crippen LogP contribution in [0.2, 0.25) is 0 Å². The number of carbonyl (C=O) groups excluding carboxylic acids is 1. The van der Waals surface area contributed by atoms with Gasteiger partial charge in [0.2, 0.25) is 5.91 Å². The second-order valence-electron chi connectivity index (χ2n) is 9.79. The van der Waals surface area contributed by atoms with Gasteiger partial charge in [-0.2, -0.15) is 5.10 Å². The molecular weight excluding hydrogens is 454 g/mol. The molecule has 2 aromatic heterocycles. The van der Waals surface area contributed by atoms with Gasteiger partial charge in [0.1, 0.15) is 17.4 Å². The fraction of sp³-hybridized carbons (Fsp3) is 0.481. The molecule has 1 aromatic carbocycles. The number of anilines is 2. The van der Waals surface area contributed by atoms with Crippen LogP contribution in [0.4, 0.5) is 11.5 Å². The molecule has 0 aliphatic carbocycles. The van der Waals surface area contributed by atoms with Gasteiger partial charge in [-0.25, -0.2) is 9.97 Å². The summed E-state index contributed by atoms with van der Waals surface area (Å²) in [5.41, 5.74) is 5.84. The maximum absolute atomic E-state index is 12.9. The van der Waals surface area contributed by atoms with E-state index in [4.69, 9.17) is 14.7 Å². The summed E-state index contributed by atoms with van der Waals surface area (Å²) in [6.45, 7) is 8.74. The van der Waals surface area contributed by atoms with Crippen LogP contribution in [0.5, 0.6) is 5.75 Å². The fourth-order valence-corrected chi connectivity index (χ4v) is 5.46. The lowest BCUT2D eigenvalue weighted by molar-refractivity contribution is -0.117. The largest absolute Gasteiger partial charge is 0.496 e. The average molecular weight is 490 g/mol. The number of rotatable bonds is 7. The third kappa shape index (κ3) is 4.80. The summed E-state index contributed by atoms with van der Waals surface area (Å²) in [5, 5.41) is 10.1. The van der Waals surface area contributed by atoms with Gasteiger partial charge < -0.3 is 15.0 Å². The smallest absolute Gasteiger partial charge is 0.238 e. The van der Waals surface area contributed by atoms with Gasteiger partial charge in [-0.1, -0.05) is 18.2 Å². The van der Waals surface area contributed by atoms with Crippen molar-refractivity contribution >= 4 is 17.4 Å². The zero-order valence-corrected chi connectivity index (χ0v) is 21.6. The molecule has 2 aliphatic rings. The number of nitrogens with zero attached hydrogens (tertiary/aromatic N) is 5. The van der Waals surface area contributed by atoms with E-state index in [0.29, 0.717) is 6.54 Å². The number of nitrogens with one attached hydrogen (secondary N) is 2. The highest BCUT2D eigenvalue weighted by Crippen LogP contribution is 2.35. The normalized spacial score (nSPS) is 17.8. The standard InChI is InChI=1S/C27H35N7O2/c1-17-21-10-7-14-34(15-20-9-5-6-12-23(20)36-4)27(21)30-26(28-17)22-11-8-13-33(22)16-24(35)29-25-18(2)31-32-19(25)3/h5-6,9,12,22H,7-8,10-11,13-16H2,1-4H3,(H,29,35)(H,31,32)/t22-/m0/s1. The highest BCUT2D eigenvalue weighted by atomic mass is 16.5. The number of benzene rings is 1. The molecule has 190 valence electrons. The summed E-state index contributed by atoms with van der Waals surface area (Å²) in [4.78, 5) is 27.6. The van der Waals surface area contributed by atoms with Crippen LogP contribution in [0.15, 0.2) is 24.3 Å². The molecule has 1 saturated heterocycles. The summed E-state index contributed by atoms with van der Waals surface area (Å²) in [5.74, 6) is 2.70. The van der Waals surface area contributed by atoms with Crippen molar-refractivity contribution in [1.82, 2.24) is 25.1 Å². The SMILES string of the molecule is COc1ccccc1CN1CCCc2c(C)nc([C@@H]3CCCN3CC(=O)Nc3c(C)n[nH]c3C)nc21. The lowest BCUT2D eigenvalue weighted by Gasteiger charge is -2.32. The lowest BCUT2D eigenvalue weighted by Crippen LogP contribution is -2.35. The quantitative estimate of drug-likeness (QED) is 0.520. The van der Waals surface area contributed by atoms with Crippen molar-refractivity contribution in [2.45, 2.75) is 59.0 Å². The number of aromatic nitrogens is 4. The number of methoxy groups -OCH3 is 1. The van der Waals surface area contributed by atoms with Gasteiger partial charge in [0.15, 0.2) is 0 Å². The Bertz CT molecular complexity index is 1240. The highest BCUT2D eigenvalue weighted by molar-refractivity contribution is 5.93. The van der Waals surface area contributed by atoms with Gasteiger partial charge in [0, 0.05) is 29.9 Å². The van der Waals surface area contributed by atoms with Crippen LogP contribution in [0.3, 0.4) is 0 Å². The summed E-state index contributed by atoms with van der Waals surface area (Å²) in [7, 11) is 1.72. The second-order valence-corrected chi connectivity index (χ2v) is 9.79. The summed E-state index contributed by atoms with van der Waals surface area (Å²) in [6, 6.07) is 8.19. The molecular formula is C27H35N7O2. The van der Waals surface area contributed by atoms with E-state index in [1.165, 1.54) is 5.56 Å². The molecule has 9 nitrogen and oxygen atoms in total. The van der Waals surface area contributed by atoms with E-state index in [2.05, 4.69) is 38.3 Å². The molecule has 1 atom stereocenters. The van der Waals surface area contributed by atoms with Crippen LogP contribution in [0.25, 0.3) is 0 Å². The van der Waals surface area contributed by atoms with Gasteiger partial charge in [-0.05, 0) is 59.1 Å². The highest BCUT2D eigenvalue weighted by Gasteiger charge is 2.32. The zero-order valence-electron chi connectivity index (χ0n) is 21.6. The van der Waals surface area contributed by atoms with E-state index in [0.717, 1.165) is 91.0 Å². The Morgan fingerprint density at radius 2 is 1.97 bits per heavy atom. The van der Waals surface area contributed by atoms with Crippen LogP contribution in [-0.4, -0.2) is 57.7 Å². The van der Waals surface area contributed by atoms with Gasteiger partial charge >= 0.3 is 0 Å². The van der Waals surface area contributed by atoms with Crippen LogP contribution < -0.4 is 15.0 Å². The van der Waals surface area contributed by atoms with Crippen molar-refractivity contribution in [2.24, 2.45) is 0 Å². The Morgan fingerprint density at radius 1 is 1.14 bits per heavy atom. The third-order valence-electron chi connectivity index (χ3n) is 7.32. The number of hydrogen-bond acceptors (Lipinski definition) is 7. The molecule has 3 aromatic rings. The van der Waals surface area contributed by atoms with E-state index < -0.39 is 0 Å². The van der Waals surface area contributed by atoms with E-state index in [9.17, 15) is 4.79 Å². The maximum Gasteiger partial charge on any atom is 0.238 e. The van der Waals surface area contributed by atoms with Crippen LogP contribution in [-0.2, 0) is 17.8 Å². The van der Waals surface area contributed by atoms with E-state index >= 15 is 0 Å². The minimum atomic E-state index is -0.0398.